The summed E-state index contributed by atoms with van der Waals surface area (Å²) in [6.07, 6.45) is 1.68. The van der Waals surface area contributed by atoms with Gasteiger partial charge in [-0.05, 0) is 12.1 Å². The molecule has 3 heteroatoms. The number of hydrogen-bond donors (Lipinski definition) is 2. The number of anilines is 1. The van der Waals surface area contributed by atoms with E-state index in [9.17, 15) is 0 Å². The number of nitrogen functional groups attached to an aromatic ring is 1. The summed E-state index contributed by atoms with van der Waals surface area (Å²) in [4.78, 5) is 3.85. The van der Waals surface area contributed by atoms with E-state index in [0.29, 0.717) is 11.5 Å². The van der Waals surface area contributed by atoms with E-state index in [0.717, 1.165) is 11.1 Å². The Hall–Kier alpha value is -1.64. The molecule has 0 amide bonds. The van der Waals surface area contributed by atoms with E-state index in [1.165, 1.54) is 0 Å². The molecule has 1 aromatic carbocycles. The summed E-state index contributed by atoms with van der Waals surface area (Å²) >= 11 is 0. The van der Waals surface area contributed by atoms with Gasteiger partial charge >= 0.3 is 0 Å². The molecule has 0 bridgehead atoms. The van der Waals surface area contributed by atoms with Crippen molar-refractivity contribution in [2.75, 3.05) is 5.73 Å². The first-order valence-corrected chi connectivity index (χ1v) is 3.30. The predicted octanol–water partition coefficient (Wildman–Crippen LogP) is 1.03. The minimum atomic E-state index is 0.298. The minimum Gasteiger partial charge on any atom is -0.399 e. The Morgan fingerprint density at radius 2 is 2.18 bits per heavy atom. The lowest BCUT2D eigenvalue weighted by Crippen LogP contribution is -1.94. The molecule has 2 rings (SSSR count). The van der Waals surface area contributed by atoms with Crippen molar-refractivity contribution in [2.24, 2.45) is 4.99 Å². The molecule has 1 aliphatic heterocycles. The molecule has 0 radical (unpaired) electrons. The first-order valence-electron chi connectivity index (χ1n) is 3.30. The molecule has 1 aromatic rings. The number of rotatable bonds is 0. The molecule has 11 heavy (non-hydrogen) atoms. The van der Waals surface area contributed by atoms with E-state index in [-0.39, 0.29) is 0 Å². The average molecular weight is 145 g/mol. The number of hydrogen-bond acceptors (Lipinski definition) is 2. The summed E-state index contributed by atoms with van der Waals surface area (Å²) in [5.74, 6) is 0.298. The second kappa shape index (κ2) is 1.92. The molecule has 0 aromatic heterocycles. The molecule has 0 spiro atoms. The van der Waals surface area contributed by atoms with E-state index in [2.05, 4.69) is 4.99 Å². The van der Waals surface area contributed by atoms with Crippen LogP contribution in [0.15, 0.2) is 23.2 Å². The second-order valence-corrected chi connectivity index (χ2v) is 2.45. The third kappa shape index (κ3) is 0.816. The molecule has 1 aliphatic rings. The highest BCUT2D eigenvalue weighted by Crippen LogP contribution is 2.16. The van der Waals surface area contributed by atoms with Gasteiger partial charge in [0.15, 0.2) is 5.84 Å². The fourth-order valence-electron chi connectivity index (χ4n) is 1.10. The lowest BCUT2D eigenvalue weighted by molar-refractivity contribution is 1.45. The van der Waals surface area contributed by atoms with Gasteiger partial charge in [0.2, 0.25) is 0 Å². The van der Waals surface area contributed by atoms with Crippen LogP contribution in [0.3, 0.4) is 0 Å². The Balaban J connectivity index is 2.67. The summed E-state index contributed by atoms with van der Waals surface area (Å²) in [7, 11) is 0. The molecule has 0 saturated heterocycles. The predicted molar refractivity (Wildman–Crippen MR) is 45.3 cm³/mol. The van der Waals surface area contributed by atoms with Crippen molar-refractivity contribution in [1.82, 2.24) is 0 Å². The van der Waals surface area contributed by atoms with E-state index >= 15 is 0 Å². The van der Waals surface area contributed by atoms with Gasteiger partial charge in [-0.2, -0.15) is 0 Å². The second-order valence-electron chi connectivity index (χ2n) is 2.45. The van der Waals surface area contributed by atoms with Crippen LogP contribution in [0.4, 0.5) is 5.69 Å². The van der Waals surface area contributed by atoms with Crippen LogP contribution in [0.2, 0.25) is 0 Å². The van der Waals surface area contributed by atoms with Crippen molar-refractivity contribution in [3.63, 3.8) is 0 Å². The maximum Gasteiger partial charge on any atom is 0.152 e. The zero-order valence-corrected chi connectivity index (χ0v) is 5.83. The first kappa shape index (κ1) is 6.09. The molecule has 1 heterocycles. The van der Waals surface area contributed by atoms with Gasteiger partial charge in [-0.25, -0.2) is 4.99 Å². The zero-order chi connectivity index (χ0) is 7.84. The molecule has 0 saturated carbocycles. The Kier molecular flexibility index (Phi) is 1.06. The lowest BCUT2D eigenvalue weighted by Gasteiger charge is -1.97. The van der Waals surface area contributed by atoms with Crippen molar-refractivity contribution >= 4 is 17.7 Å². The number of nitrogens with one attached hydrogen (secondary N) is 1. The number of aliphatic imine (C=N–C) groups is 1. The van der Waals surface area contributed by atoms with Crippen molar-refractivity contribution in [2.45, 2.75) is 0 Å². The van der Waals surface area contributed by atoms with Crippen LogP contribution in [0.5, 0.6) is 0 Å². The molecular weight excluding hydrogens is 138 g/mol. The standard InChI is InChI=1S/C8H7N3/c9-6-2-1-5-4-11-8(10)7(5)3-6/h1-4,10H,9H2. The van der Waals surface area contributed by atoms with Gasteiger partial charge < -0.3 is 5.73 Å². The highest BCUT2D eigenvalue weighted by atomic mass is 14.8. The molecule has 0 atom stereocenters. The monoisotopic (exact) mass is 145 g/mol. The van der Waals surface area contributed by atoms with E-state index in [1.807, 2.05) is 12.1 Å². The third-order valence-electron chi connectivity index (χ3n) is 1.67. The summed E-state index contributed by atoms with van der Waals surface area (Å²) in [5.41, 5.74) is 8.02. The van der Waals surface area contributed by atoms with Crippen LogP contribution >= 0.6 is 0 Å². The van der Waals surface area contributed by atoms with Crippen LogP contribution < -0.4 is 5.73 Å². The number of benzene rings is 1. The summed E-state index contributed by atoms with van der Waals surface area (Å²) in [6, 6.07) is 5.45. The van der Waals surface area contributed by atoms with Crippen molar-refractivity contribution in [3.05, 3.63) is 29.3 Å². The van der Waals surface area contributed by atoms with Gasteiger partial charge in [0.1, 0.15) is 0 Å². The van der Waals surface area contributed by atoms with Crippen molar-refractivity contribution < 1.29 is 0 Å². The van der Waals surface area contributed by atoms with Gasteiger partial charge in [0, 0.05) is 23.0 Å². The number of amidine groups is 1. The number of nitrogens with zero attached hydrogens (tertiary/aromatic N) is 1. The van der Waals surface area contributed by atoms with E-state index < -0.39 is 0 Å². The molecule has 54 valence electrons. The molecule has 3 N–H and O–H groups in total. The Bertz CT molecular complexity index is 352. The summed E-state index contributed by atoms with van der Waals surface area (Å²) in [5, 5.41) is 7.37. The third-order valence-corrected chi connectivity index (χ3v) is 1.67. The average Bonchev–Trinajstić information content (AvgIpc) is 2.33. The van der Waals surface area contributed by atoms with Gasteiger partial charge in [0.25, 0.3) is 0 Å². The van der Waals surface area contributed by atoms with Crippen LogP contribution in [0.25, 0.3) is 0 Å². The van der Waals surface area contributed by atoms with Gasteiger partial charge in [-0.1, -0.05) is 6.07 Å². The number of fused-ring (bicyclic) bond motifs is 1. The normalized spacial score (nSPS) is 13.6. The van der Waals surface area contributed by atoms with E-state index in [4.69, 9.17) is 11.1 Å². The zero-order valence-electron chi connectivity index (χ0n) is 5.83. The Morgan fingerprint density at radius 1 is 1.36 bits per heavy atom. The fourth-order valence-corrected chi connectivity index (χ4v) is 1.10. The van der Waals surface area contributed by atoms with Gasteiger partial charge in [-0.15, -0.1) is 0 Å². The van der Waals surface area contributed by atoms with Crippen LogP contribution in [0.1, 0.15) is 11.1 Å². The van der Waals surface area contributed by atoms with Crippen LogP contribution in [0, 0.1) is 5.41 Å². The largest absolute Gasteiger partial charge is 0.399 e. The topological polar surface area (TPSA) is 62.2 Å². The highest BCUT2D eigenvalue weighted by molar-refractivity contribution is 6.14. The molecular formula is C8H7N3. The Labute approximate surface area is 64.1 Å². The SMILES string of the molecule is N=C1N=Cc2ccc(N)cc21. The lowest BCUT2D eigenvalue weighted by atomic mass is 10.1. The first-order chi connectivity index (χ1) is 5.27. The molecule has 0 aliphatic carbocycles. The fraction of sp³-hybridized carbons (Fsp3) is 0. The highest BCUT2D eigenvalue weighted by Gasteiger charge is 2.10. The van der Waals surface area contributed by atoms with Crippen molar-refractivity contribution in [1.29, 1.82) is 5.41 Å². The smallest absolute Gasteiger partial charge is 0.152 e. The maximum atomic E-state index is 7.37. The minimum absolute atomic E-state index is 0.298. The van der Waals surface area contributed by atoms with Crippen molar-refractivity contribution in [3.8, 4) is 0 Å². The maximum absolute atomic E-state index is 7.37. The summed E-state index contributed by atoms with van der Waals surface area (Å²) in [6.45, 7) is 0. The van der Waals surface area contributed by atoms with E-state index in [1.54, 1.807) is 12.3 Å². The molecule has 0 unspecified atom stereocenters. The number of nitrogens with two attached hydrogens (primary N) is 1. The van der Waals surface area contributed by atoms with Gasteiger partial charge in [-0.3, -0.25) is 5.41 Å². The van der Waals surface area contributed by atoms with Gasteiger partial charge in [0.05, 0.1) is 0 Å². The Morgan fingerprint density at radius 3 is 3.00 bits per heavy atom. The summed E-state index contributed by atoms with van der Waals surface area (Å²) < 4.78 is 0. The molecule has 3 nitrogen and oxygen atoms in total. The van der Waals surface area contributed by atoms with Crippen LogP contribution in [-0.4, -0.2) is 12.1 Å². The quantitative estimate of drug-likeness (QED) is 0.526. The van der Waals surface area contributed by atoms with Crippen LogP contribution in [-0.2, 0) is 0 Å². The molecule has 0 fully saturated rings.